The molecule has 1 saturated carbocycles. The van der Waals surface area contributed by atoms with Gasteiger partial charge in [-0.25, -0.2) is 14.0 Å². The highest BCUT2D eigenvalue weighted by atomic mass is 35.5. The van der Waals surface area contributed by atoms with Gasteiger partial charge in [0.1, 0.15) is 18.2 Å². The minimum Gasteiger partial charge on any atom is -0.491 e. The molecule has 0 bridgehead atoms. The molecule has 2 aliphatic rings. The number of rotatable bonds is 8. The Morgan fingerprint density at radius 3 is 2.78 bits per heavy atom. The molecule has 1 saturated heterocycles. The zero-order chi connectivity index (χ0) is 26.3. The van der Waals surface area contributed by atoms with E-state index in [2.05, 4.69) is 5.32 Å². The van der Waals surface area contributed by atoms with Crippen LogP contribution < -0.4 is 15.8 Å². The Kier molecular flexibility index (Phi) is 6.78. The van der Waals surface area contributed by atoms with Crippen LogP contribution in [-0.2, 0) is 11.2 Å². The standard InChI is InChI=1S/C26H26ClFN4O5/c27-18-3-1-2-14(24(18)28)4-7-23(34)22-11-15-10-21(15)32(22)26(36)30-19-13-31(25(29)35)20-6-5-16(12-17(19)20)37-9-8-33/h1-3,5-6,12-13,15,21-22,33H,4,7-11H2,(H2,29,35)(H,30,36)/t15-,21-,22+/m1/s1. The summed E-state index contributed by atoms with van der Waals surface area (Å²) < 4.78 is 20.9. The second-order valence-corrected chi connectivity index (χ2v) is 9.74. The molecule has 11 heteroatoms. The molecule has 37 heavy (non-hydrogen) atoms. The van der Waals surface area contributed by atoms with Crippen molar-refractivity contribution in [1.82, 2.24) is 9.47 Å². The predicted molar refractivity (Wildman–Crippen MR) is 135 cm³/mol. The van der Waals surface area contributed by atoms with Gasteiger partial charge in [0.25, 0.3) is 0 Å². The molecule has 5 rings (SSSR count). The summed E-state index contributed by atoms with van der Waals surface area (Å²) in [5.74, 6) is 0.0343. The number of hydrogen-bond acceptors (Lipinski definition) is 5. The van der Waals surface area contributed by atoms with E-state index >= 15 is 0 Å². The molecule has 1 aliphatic heterocycles. The van der Waals surface area contributed by atoms with Crippen LogP contribution in [0.1, 0.15) is 24.8 Å². The van der Waals surface area contributed by atoms with Crippen molar-refractivity contribution in [2.75, 3.05) is 18.5 Å². The number of likely N-dealkylation sites (tertiary alicyclic amines) is 1. The first-order valence-corrected chi connectivity index (χ1v) is 12.4. The Morgan fingerprint density at radius 2 is 2.03 bits per heavy atom. The number of anilines is 1. The molecule has 1 aliphatic carbocycles. The van der Waals surface area contributed by atoms with Crippen molar-refractivity contribution in [3.8, 4) is 5.75 Å². The molecule has 2 fully saturated rings. The number of aryl methyl sites for hydroxylation is 1. The number of halogens is 2. The molecule has 9 nitrogen and oxygen atoms in total. The topological polar surface area (TPSA) is 127 Å². The summed E-state index contributed by atoms with van der Waals surface area (Å²) in [4.78, 5) is 40.1. The molecule has 4 N–H and O–H groups in total. The third kappa shape index (κ3) is 4.86. The van der Waals surface area contributed by atoms with Crippen LogP contribution in [0.2, 0.25) is 5.02 Å². The lowest BCUT2D eigenvalue weighted by Crippen LogP contribution is -2.45. The lowest BCUT2D eigenvalue weighted by molar-refractivity contribution is -0.123. The maximum atomic E-state index is 14.3. The average molecular weight is 529 g/mol. The van der Waals surface area contributed by atoms with Crippen molar-refractivity contribution in [1.29, 1.82) is 0 Å². The normalized spacial score (nSPS) is 20.1. The summed E-state index contributed by atoms with van der Waals surface area (Å²) in [6, 6.07) is 7.77. The van der Waals surface area contributed by atoms with Gasteiger partial charge in [-0.15, -0.1) is 0 Å². The highest BCUT2D eigenvalue weighted by molar-refractivity contribution is 6.30. The summed E-state index contributed by atoms with van der Waals surface area (Å²) in [6.07, 6.45) is 3.09. The molecular weight excluding hydrogens is 503 g/mol. The molecule has 3 atom stereocenters. The van der Waals surface area contributed by atoms with Gasteiger partial charge in [0.05, 0.1) is 28.9 Å². The highest BCUT2D eigenvalue weighted by Crippen LogP contribution is 2.48. The molecule has 0 unspecified atom stereocenters. The van der Waals surface area contributed by atoms with Crippen molar-refractivity contribution in [3.05, 3.63) is 59.0 Å². The van der Waals surface area contributed by atoms with Crippen LogP contribution in [0.4, 0.5) is 19.7 Å². The number of piperidine rings is 1. The number of carbonyl (C=O) groups is 3. The van der Waals surface area contributed by atoms with E-state index in [1.807, 2.05) is 0 Å². The van der Waals surface area contributed by atoms with E-state index in [1.54, 1.807) is 35.2 Å². The smallest absolute Gasteiger partial charge is 0.323 e. The number of nitrogens with zero attached hydrogens (tertiary/aromatic N) is 2. The van der Waals surface area contributed by atoms with E-state index in [0.717, 1.165) is 6.42 Å². The Hall–Kier alpha value is -3.63. The lowest BCUT2D eigenvalue weighted by Gasteiger charge is -2.27. The number of fused-ring (bicyclic) bond motifs is 2. The Bertz CT molecular complexity index is 1390. The van der Waals surface area contributed by atoms with Crippen molar-refractivity contribution < 1.29 is 28.6 Å². The summed E-state index contributed by atoms with van der Waals surface area (Å²) >= 11 is 5.85. The number of primary amides is 1. The first-order valence-electron chi connectivity index (χ1n) is 12.0. The van der Waals surface area contributed by atoms with Crippen LogP contribution in [0.3, 0.4) is 0 Å². The van der Waals surface area contributed by atoms with Crippen LogP contribution in [-0.4, -0.2) is 57.7 Å². The molecular formula is C26H26ClFN4O5. The molecule has 2 heterocycles. The largest absolute Gasteiger partial charge is 0.491 e. The minimum absolute atomic E-state index is 0.00751. The second kappa shape index (κ2) is 10.0. The highest BCUT2D eigenvalue weighted by Gasteiger charge is 2.55. The third-order valence-electron chi connectivity index (χ3n) is 7.00. The first kappa shape index (κ1) is 25.0. The van der Waals surface area contributed by atoms with Crippen LogP contribution in [0.15, 0.2) is 42.6 Å². The van der Waals surface area contributed by atoms with Gasteiger partial charge in [-0.1, -0.05) is 23.7 Å². The van der Waals surface area contributed by atoms with E-state index in [-0.39, 0.29) is 48.8 Å². The monoisotopic (exact) mass is 528 g/mol. The van der Waals surface area contributed by atoms with Crippen LogP contribution in [0.25, 0.3) is 10.9 Å². The quantitative estimate of drug-likeness (QED) is 0.408. The second-order valence-electron chi connectivity index (χ2n) is 9.33. The van der Waals surface area contributed by atoms with Gasteiger partial charge in [0.15, 0.2) is 5.78 Å². The first-order chi connectivity index (χ1) is 17.8. The van der Waals surface area contributed by atoms with E-state index in [4.69, 9.17) is 27.2 Å². The SMILES string of the molecule is NC(=O)n1cc(NC(=O)N2[C@@H]3C[C@@H]3C[C@H]2C(=O)CCc2cccc(Cl)c2F)c2cc(OCCO)ccc21. The minimum atomic E-state index is -0.723. The number of carbonyl (C=O) groups excluding carboxylic acids is 3. The maximum absolute atomic E-state index is 14.3. The van der Waals surface area contributed by atoms with Crippen molar-refractivity contribution >= 4 is 46.0 Å². The Balaban J connectivity index is 1.35. The number of nitrogens with two attached hydrogens (primary N) is 1. The van der Waals surface area contributed by atoms with Gasteiger partial charge in [-0.3, -0.25) is 9.36 Å². The van der Waals surface area contributed by atoms with Crippen LogP contribution >= 0.6 is 11.6 Å². The molecule has 0 spiro atoms. The number of aliphatic hydroxyl groups is 1. The van der Waals surface area contributed by atoms with Gasteiger partial charge in [-0.2, -0.15) is 0 Å². The Labute approximate surface area is 216 Å². The fourth-order valence-corrected chi connectivity index (χ4v) is 5.32. The fraction of sp³-hybridized carbons (Fsp3) is 0.346. The number of urea groups is 1. The fourth-order valence-electron chi connectivity index (χ4n) is 5.13. The number of hydrogen-bond donors (Lipinski definition) is 3. The summed E-state index contributed by atoms with van der Waals surface area (Å²) in [7, 11) is 0. The molecule has 2 aromatic carbocycles. The van der Waals surface area contributed by atoms with Gasteiger partial charge < -0.3 is 25.8 Å². The number of ketones is 1. The number of nitrogens with one attached hydrogen (secondary N) is 1. The summed E-state index contributed by atoms with van der Waals surface area (Å²) in [5.41, 5.74) is 6.68. The molecule has 0 radical (unpaired) electrons. The summed E-state index contributed by atoms with van der Waals surface area (Å²) in [5, 5.41) is 12.4. The molecule has 3 aromatic rings. The number of aliphatic hydroxyl groups excluding tert-OH is 1. The molecule has 194 valence electrons. The lowest BCUT2D eigenvalue weighted by atomic mass is 10.00. The molecule has 3 amide bonds. The van der Waals surface area contributed by atoms with Gasteiger partial charge in [-0.05, 0) is 55.0 Å². The van der Waals surface area contributed by atoms with Gasteiger partial charge >= 0.3 is 12.1 Å². The zero-order valence-electron chi connectivity index (χ0n) is 19.8. The summed E-state index contributed by atoms with van der Waals surface area (Å²) in [6.45, 7) is -0.0791. The van der Waals surface area contributed by atoms with Gasteiger partial charge in [0, 0.05) is 24.0 Å². The van der Waals surface area contributed by atoms with E-state index < -0.39 is 23.9 Å². The van der Waals surface area contributed by atoms with Crippen LogP contribution in [0, 0.1) is 11.7 Å². The van der Waals surface area contributed by atoms with E-state index in [9.17, 15) is 18.8 Å². The van der Waals surface area contributed by atoms with E-state index in [0.29, 0.717) is 34.3 Å². The number of amides is 3. The number of Topliss-reactive ketones (excluding diaryl/α,β-unsaturated/α-hetero) is 1. The number of benzene rings is 2. The molecule has 1 aromatic heterocycles. The third-order valence-corrected chi connectivity index (χ3v) is 7.29. The maximum Gasteiger partial charge on any atom is 0.323 e. The Morgan fingerprint density at radius 1 is 1.22 bits per heavy atom. The predicted octanol–water partition coefficient (Wildman–Crippen LogP) is 3.93. The zero-order valence-corrected chi connectivity index (χ0v) is 20.6. The van der Waals surface area contributed by atoms with Gasteiger partial charge in [0.2, 0.25) is 0 Å². The number of ether oxygens (including phenoxy) is 1. The van der Waals surface area contributed by atoms with Crippen molar-refractivity contribution in [2.45, 2.75) is 37.8 Å². The average Bonchev–Trinajstić information content (AvgIpc) is 3.39. The number of aromatic nitrogens is 1. The van der Waals surface area contributed by atoms with Crippen molar-refractivity contribution in [3.63, 3.8) is 0 Å². The van der Waals surface area contributed by atoms with E-state index in [1.165, 1.54) is 16.8 Å². The van der Waals surface area contributed by atoms with Crippen LogP contribution in [0.5, 0.6) is 5.75 Å². The van der Waals surface area contributed by atoms with Crippen molar-refractivity contribution in [2.24, 2.45) is 11.7 Å².